The second-order valence-corrected chi connectivity index (χ2v) is 6.53. The van der Waals surface area contributed by atoms with E-state index in [0.29, 0.717) is 11.5 Å². The van der Waals surface area contributed by atoms with E-state index < -0.39 is 0 Å². The van der Waals surface area contributed by atoms with E-state index >= 15 is 0 Å². The van der Waals surface area contributed by atoms with Crippen molar-refractivity contribution >= 4 is 11.7 Å². The van der Waals surface area contributed by atoms with Gasteiger partial charge in [0.15, 0.2) is 5.82 Å². The molecule has 1 saturated carbocycles. The fraction of sp³-hybridized carbons (Fsp3) is 0.421. The number of rotatable bonds is 4. The Kier molecular flexibility index (Phi) is 5.60. The molecule has 3 N–H and O–H groups in total. The second-order valence-electron chi connectivity index (χ2n) is 6.53. The van der Waals surface area contributed by atoms with Gasteiger partial charge < -0.3 is 15.7 Å². The summed E-state index contributed by atoms with van der Waals surface area (Å²) in [5.41, 5.74) is 2.53. The van der Waals surface area contributed by atoms with Crippen LogP contribution in [0.1, 0.15) is 31.4 Å². The van der Waals surface area contributed by atoms with E-state index in [0.717, 1.165) is 36.9 Å². The molecular formula is C19H24N4O2. The highest BCUT2D eigenvalue weighted by molar-refractivity contribution is 5.89. The van der Waals surface area contributed by atoms with Crippen molar-refractivity contribution in [3.05, 3.63) is 42.2 Å². The molecule has 25 heavy (non-hydrogen) atoms. The van der Waals surface area contributed by atoms with Crippen LogP contribution in [0.4, 0.5) is 10.5 Å². The molecule has 1 fully saturated rings. The average Bonchev–Trinajstić information content (AvgIpc) is 2.63. The van der Waals surface area contributed by atoms with Crippen LogP contribution in [0, 0.1) is 12.8 Å². The molecule has 0 saturated heterocycles. The van der Waals surface area contributed by atoms with Gasteiger partial charge >= 0.3 is 6.03 Å². The molecule has 0 aliphatic heterocycles. The molecule has 0 radical (unpaired) electrons. The highest BCUT2D eigenvalue weighted by Gasteiger charge is 2.25. The Morgan fingerprint density at radius 1 is 1.20 bits per heavy atom. The Morgan fingerprint density at radius 2 is 1.96 bits per heavy atom. The molecule has 2 atom stereocenters. The third-order valence-electron chi connectivity index (χ3n) is 4.66. The van der Waals surface area contributed by atoms with Crippen molar-refractivity contribution in [1.82, 2.24) is 15.3 Å². The number of nitrogens with zero attached hydrogens (tertiary/aromatic N) is 2. The fourth-order valence-electron chi connectivity index (χ4n) is 3.24. The van der Waals surface area contributed by atoms with Crippen LogP contribution in [0.2, 0.25) is 0 Å². The highest BCUT2D eigenvalue weighted by Crippen LogP contribution is 2.24. The summed E-state index contributed by atoms with van der Waals surface area (Å²) >= 11 is 0. The zero-order valence-electron chi connectivity index (χ0n) is 14.4. The van der Waals surface area contributed by atoms with Gasteiger partial charge in [-0.2, -0.15) is 0 Å². The third kappa shape index (κ3) is 4.54. The van der Waals surface area contributed by atoms with Crippen molar-refractivity contribution in [2.24, 2.45) is 5.92 Å². The first kappa shape index (κ1) is 17.4. The molecular weight excluding hydrogens is 316 g/mol. The summed E-state index contributed by atoms with van der Waals surface area (Å²) in [6.07, 6.45) is 5.83. The maximum atomic E-state index is 12.2. The molecule has 6 heteroatoms. The van der Waals surface area contributed by atoms with Gasteiger partial charge in [0.1, 0.15) is 0 Å². The van der Waals surface area contributed by atoms with Gasteiger partial charge in [0.05, 0.1) is 0 Å². The summed E-state index contributed by atoms with van der Waals surface area (Å²) in [5.74, 6) is 0.823. The molecule has 1 aromatic carbocycles. The summed E-state index contributed by atoms with van der Waals surface area (Å²) < 4.78 is 0. The van der Waals surface area contributed by atoms with Crippen molar-refractivity contribution in [2.45, 2.75) is 38.6 Å². The first-order valence-corrected chi connectivity index (χ1v) is 8.74. The second kappa shape index (κ2) is 8.07. The molecule has 1 aliphatic rings. The van der Waals surface area contributed by atoms with E-state index in [9.17, 15) is 9.90 Å². The van der Waals surface area contributed by atoms with Crippen LogP contribution in [0.3, 0.4) is 0 Å². The summed E-state index contributed by atoms with van der Waals surface area (Å²) in [5, 5.41) is 15.3. The van der Waals surface area contributed by atoms with Crippen LogP contribution >= 0.6 is 0 Å². The van der Waals surface area contributed by atoms with E-state index in [1.54, 1.807) is 6.20 Å². The lowest BCUT2D eigenvalue weighted by Crippen LogP contribution is -2.45. The standard InChI is InChI=1S/C19H24N4O2/c1-13-10-11-20-18(21-13)14-6-8-16(9-7-14)22-19(25)23-17-5-3-2-4-15(17)12-24/h6-11,15,17,24H,2-5,12H2,1H3,(H2,22,23,25)/t15-,17-/m0/s1. The zero-order valence-corrected chi connectivity index (χ0v) is 14.4. The van der Waals surface area contributed by atoms with Crippen molar-refractivity contribution < 1.29 is 9.90 Å². The van der Waals surface area contributed by atoms with Gasteiger partial charge in [0.25, 0.3) is 0 Å². The Balaban J connectivity index is 1.60. The molecule has 1 aromatic heterocycles. The summed E-state index contributed by atoms with van der Waals surface area (Å²) in [6, 6.07) is 9.12. The van der Waals surface area contributed by atoms with Gasteiger partial charge in [-0.15, -0.1) is 0 Å². The number of carbonyl (C=O) groups is 1. The molecule has 2 aromatic rings. The van der Waals surface area contributed by atoms with Crippen molar-refractivity contribution in [3.63, 3.8) is 0 Å². The largest absolute Gasteiger partial charge is 0.396 e. The number of aryl methyl sites for hydroxylation is 1. The number of urea groups is 1. The number of benzene rings is 1. The number of carbonyl (C=O) groups excluding carboxylic acids is 1. The number of hydrogen-bond acceptors (Lipinski definition) is 4. The number of aliphatic hydroxyl groups is 1. The van der Waals surface area contributed by atoms with Gasteiger partial charge in [-0.05, 0) is 50.1 Å². The Hall–Kier alpha value is -2.47. The van der Waals surface area contributed by atoms with Crippen LogP contribution in [0.25, 0.3) is 11.4 Å². The lowest BCUT2D eigenvalue weighted by molar-refractivity contribution is 0.156. The fourth-order valence-corrected chi connectivity index (χ4v) is 3.24. The van der Waals surface area contributed by atoms with E-state index in [1.807, 2.05) is 37.3 Å². The predicted octanol–water partition coefficient (Wildman–Crippen LogP) is 3.12. The number of nitrogens with one attached hydrogen (secondary N) is 2. The van der Waals surface area contributed by atoms with E-state index in [4.69, 9.17) is 0 Å². The number of anilines is 1. The third-order valence-corrected chi connectivity index (χ3v) is 4.66. The molecule has 1 aliphatic carbocycles. The van der Waals surface area contributed by atoms with Crippen LogP contribution in [-0.4, -0.2) is 33.8 Å². The first-order chi connectivity index (χ1) is 12.2. The molecule has 132 valence electrons. The number of aliphatic hydroxyl groups excluding tert-OH is 1. The topological polar surface area (TPSA) is 87.1 Å². The van der Waals surface area contributed by atoms with Gasteiger partial charge in [-0.1, -0.05) is 12.8 Å². The van der Waals surface area contributed by atoms with E-state index in [-0.39, 0.29) is 24.6 Å². The Labute approximate surface area is 147 Å². The summed E-state index contributed by atoms with van der Waals surface area (Å²) in [6.45, 7) is 2.05. The molecule has 3 rings (SSSR count). The van der Waals surface area contributed by atoms with Crippen molar-refractivity contribution in [2.75, 3.05) is 11.9 Å². The minimum absolute atomic E-state index is 0.0405. The number of hydrogen-bond donors (Lipinski definition) is 3. The lowest BCUT2D eigenvalue weighted by atomic mass is 9.85. The summed E-state index contributed by atoms with van der Waals surface area (Å²) in [4.78, 5) is 20.9. The van der Waals surface area contributed by atoms with Crippen molar-refractivity contribution in [3.8, 4) is 11.4 Å². The zero-order chi connectivity index (χ0) is 17.6. The molecule has 2 amide bonds. The average molecular weight is 340 g/mol. The summed E-state index contributed by atoms with van der Waals surface area (Å²) in [7, 11) is 0. The van der Waals surface area contributed by atoms with Crippen LogP contribution in [0.15, 0.2) is 36.5 Å². The van der Waals surface area contributed by atoms with Crippen LogP contribution in [0.5, 0.6) is 0 Å². The molecule has 0 unspecified atom stereocenters. The SMILES string of the molecule is Cc1ccnc(-c2ccc(NC(=O)N[C@H]3CCCC[C@H]3CO)cc2)n1. The smallest absolute Gasteiger partial charge is 0.319 e. The normalized spacial score (nSPS) is 20.1. The Bertz CT molecular complexity index is 718. The van der Waals surface area contributed by atoms with Gasteiger partial charge in [0, 0.05) is 41.7 Å². The minimum atomic E-state index is -0.232. The highest BCUT2D eigenvalue weighted by atomic mass is 16.3. The number of amides is 2. The monoisotopic (exact) mass is 340 g/mol. The minimum Gasteiger partial charge on any atom is -0.396 e. The predicted molar refractivity (Wildman–Crippen MR) is 97.2 cm³/mol. The Morgan fingerprint density at radius 3 is 2.68 bits per heavy atom. The lowest BCUT2D eigenvalue weighted by Gasteiger charge is -2.30. The maximum Gasteiger partial charge on any atom is 0.319 e. The van der Waals surface area contributed by atoms with Crippen LogP contribution in [-0.2, 0) is 0 Å². The van der Waals surface area contributed by atoms with E-state index in [2.05, 4.69) is 20.6 Å². The maximum absolute atomic E-state index is 12.2. The molecule has 0 spiro atoms. The van der Waals surface area contributed by atoms with Crippen molar-refractivity contribution in [1.29, 1.82) is 0 Å². The van der Waals surface area contributed by atoms with Gasteiger partial charge in [-0.25, -0.2) is 14.8 Å². The van der Waals surface area contributed by atoms with E-state index in [1.165, 1.54) is 0 Å². The molecule has 1 heterocycles. The molecule has 0 bridgehead atoms. The first-order valence-electron chi connectivity index (χ1n) is 8.74. The molecule has 6 nitrogen and oxygen atoms in total. The van der Waals surface area contributed by atoms with Gasteiger partial charge in [-0.3, -0.25) is 0 Å². The number of aromatic nitrogens is 2. The van der Waals surface area contributed by atoms with Gasteiger partial charge in [0.2, 0.25) is 0 Å². The van der Waals surface area contributed by atoms with Crippen LogP contribution < -0.4 is 10.6 Å². The quantitative estimate of drug-likeness (QED) is 0.798.